The van der Waals surface area contributed by atoms with Crippen molar-refractivity contribution in [2.45, 2.75) is 39.2 Å². The Balaban J connectivity index is 1.66. The molecular formula is C20H25FN4O2S. The van der Waals surface area contributed by atoms with Gasteiger partial charge in [-0.15, -0.1) is 0 Å². The van der Waals surface area contributed by atoms with Crippen LogP contribution >= 0.6 is 11.8 Å². The van der Waals surface area contributed by atoms with Crippen molar-refractivity contribution in [1.29, 1.82) is 0 Å². The number of thioether (sulfide) groups is 1. The second-order valence-electron chi connectivity index (χ2n) is 7.20. The molecule has 3 rings (SSSR count). The summed E-state index contributed by atoms with van der Waals surface area (Å²) >= 11 is 1.22. The molecule has 6 nitrogen and oxygen atoms in total. The van der Waals surface area contributed by atoms with Crippen molar-refractivity contribution in [2.75, 3.05) is 20.6 Å². The number of H-pyrrole nitrogens is 1. The second-order valence-corrected chi connectivity index (χ2v) is 8.12. The Morgan fingerprint density at radius 2 is 2.07 bits per heavy atom. The van der Waals surface area contributed by atoms with Crippen LogP contribution in [-0.4, -0.2) is 51.9 Å². The molecule has 8 heteroatoms. The number of aromatic amines is 1. The van der Waals surface area contributed by atoms with Crippen molar-refractivity contribution in [3.63, 3.8) is 0 Å². The summed E-state index contributed by atoms with van der Waals surface area (Å²) in [5.74, 6) is 0.285. The molecule has 1 aromatic heterocycles. The minimum absolute atomic E-state index is 0.0427. The number of aryl methyl sites for hydroxylation is 1. The summed E-state index contributed by atoms with van der Waals surface area (Å²) in [5.41, 5.74) is 3.81. The van der Waals surface area contributed by atoms with Crippen molar-refractivity contribution in [2.24, 2.45) is 0 Å². The molecule has 28 heavy (non-hydrogen) atoms. The number of rotatable bonds is 7. The minimum atomic E-state index is -0.290. The quantitative estimate of drug-likeness (QED) is 0.714. The van der Waals surface area contributed by atoms with Gasteiger partial charge in [-0.2, -0.15) is 0 Å². The number of benzene rings is 1. The number of halogens is 1. The van der Waals surface area contributed by atoms with Crippen molar-refractivity contribution in [3.8, 4) is 0 Å². The van der Waals surface area contributed by atoms with E-state index < -0.39 is 0 Å². The molecular weight excluding hydrogens is 379 g/mol. The number of nitrogens with zero attached hydrogens (tertiary/aromatic N) is 3. The van der Waals surface area contributed by atoms with E-state index in [9.17, 15) is 14.0 Å². The number of likely N-dealkylation sites (N-methyl/N-ethyl adjacent to an activating group) is 2. The van der Waals surface area contributed by atoms with Gasteiger partial charge in [0.15, 0.2) is 5.62 Å². The lowest BCUT2D eigenvalue weighted by atomic mass is 10.0. The van der Waals surface area contributed by atoms with Crippen LogP contribution in [0.1, 0.15) is 37.1 Å². The Hall–Kier alpha value is -2.35. The highest BCUT2D eigenvalue weighted by atomic mass is 32.2. The fourth-order valence-corrected chi connectivity index (χ4v) is 4.22. The molecule has 150 valence electrons. The molecule has 0 radical (unpaired) electrons. The molecule has 2 aromatic rings. The average molecular weight is 405 g/mol. The monoisotopic (exact) mass is 404 g/mol. The zero-order valence-electron chi connectivity index (χ0n) is 16.4. The molecule has 1 heterocycles. The smallest absolute Gasteiger partial charge is 0.242 e. The van der Waals surface area contributed by atoms with E-state index in [1.807, 2.05) is 11.9 Å². The fourth-order valence-electron chi connectivity index (χ4n) is 3.45. The van der Waals surface area contributed by atoms with Crippen LogP contribution < -0.4 is 0 Å². The molecule has 0 unspecified atom stereocenters. The Bertz CT molecular complexity index is 885. The highest BCUT2D eigenvalue weighted by molar-refractivity contribution is 8.15. The topological polar surface area (TPSA) is 69.3 Å². The van der Waals surface area contributed by atoms with Crippen LogP contribution in [0.15, 0.2) is 22.7 Å². The number of carbonyl (C=O) groups is 2. The number of hydrogen-bond acceptors (Lipinski definition) is 5. The van der Waals surface area contributed by atoms with Crippen LogP contribution in [-0.2, 0) is 16.1 Å². The van der Waals surface area contributed by atoms with Gasteiger partial charge < -0.3 is 14.8 Å². The molecule has 0 spiro atoms. The maximum Gasteiger partial charge on any atom is 0.242 e. The van der Waals surface area contributed by atoms with Gasteiger partial charge in [-0.3, -0.25) is 9.59 Å². The Labute approximate surface area is 168 Å². The summed E-state index contributed by atoms with van der Waals surface area (Å²) in [7, 11) is 3.62. The van der Waals surface area contributed by atoms with Gasteiger partial charge in [0.25, 0.3) is 0 Å². The molecule has 1 amide bonds. The number of hydrogen-bond donors (Lipinski definition) is 1. The summed E-state index contributed by atoms with van der Waals surface area (Å²) in [6.45, 7) is 2.26. The first-order valence-electron chi connectivity index (χ1n) is 9.31. The molecule has 1 aromatic carbocycles. The predicted octanol–water partition coefficient (Wildman–Crippen LogP) is 3.61. The van der Waals surface area contributed by atoms with E-state index in [0.29, 0.717) is 23.4 Å². The van der Waals surface area contributed by atoms with Crippen molar-refractivity contribution in [1.82, 2.24) is 19.8 Å². The van der Waals surface area contributed by atoms with Crippen molar-refractivity contribution in [3.05, 3.63) is 39.9 Å². The zero-order chi connectivity index (χ0) is 20.3. The van der Waals surface area contributed by atoms with E-state index in [-0.39, 0.29) is 18.3 Å². The van der Waals surface area contributed by atoms with E-state index >= 15 is 0 Å². The van der Waals surface area contributed by atoms with Gasteiger partial charge in [-0.1, -0.05) is 11.8 Å². The van der Waals surface area contributed by atoms with E-state index in [2.05, 4.69) is 9.97 Å². The first kappa shape index (κ1) is 20.4. The predicted molar refractivity (Wildman–Crippen MR) is 110 cm³/mol. The Morgan fingerprint density at radius 3 is 2.82 bits per heavy atom. The molecule has 0 aliphatic heterocycles. The molecule has 0 fully saturated rings. The van der Waals surface area contributed by atoms with Crippen LogP contribution in [0.2, 0.25) is 0 Å². The van der Waals surface area contributed by atoms with Gasteiger partial charge in [0, 0.05) is 30.8 Å². The van der Waals surface area contributed by atoms with Crippen LogP contribution in [0.25, 0.3) is 11.0 Å². The van der Waals surface area contributed by atoms with Crippen LogP contribution in [0.5, 0.6) is 0 Å². The van der Waals surface area contributed by atoms with Gasteiger partial charge in [-0.25, -0.2) is 9.37 Å². The number of imidazole rings is 1. The number of allylic oxidation sites excluding steroid dienone is 2. The average Bonchev–Trinajstić information content (AvgIpc) is 3.03. The van der Waals surface area contributed by atoms with Crippen LogP contribution in [0.4, 0.5) is 4.39 Å². The van der Waals surface area contributed by atoms with E-state index in [1.165, 1.54) is 17.8 Å². The lowest BCUT2D eigenvalue weighted by Crippen LogP contribution is -2.36. The third kappa shape index (κ3) is 4.55. The number of nitrogens with one attached hydrogen (secondary N) is 1. The SMILES string of the molecule is Cc1cc2[nH]c(CN(C)C(=O)CN(C)C3=C(SC=O)CCCC3)nc2cc1F. The molecule has 1 aliphatic rings. The Kier molecular flexibility index (Phi) is 6.39. The maximum atomic E-state index is 13.7. The first-order valence-corrected chi connectivity index (χ1v) is 10.2. The summed E-state index contributed by atoms with van der Waals surface area (Å²) in [6.07, 6.45) is 3.93. The van der Waals surface area contributed by atoms with E-state index in [1.54, 1.807) is 24.9 Å². The van der Waals surface area contributed by atoms with Crippen molar-refractivity contribution < 1.29 is 14.0 Å². The van der Waals surface area contributed by atoms with Gasteiger partial charge in [0.2, 0.25) is 5.91 Å². The number of amides is 1. The Morgan fingerprint density at radius 1 is 1.32 bits per heavy atom. The molecule has 0 saturated heterocycles. The molecule has 1 aliphatic carbocycles. The number of fused-ring (bicyclic) bond motifs is 1. The molecule has 0 bridgehead atoms. The normalized spacial score (nSPS) is 14.4. The zero-order valence-corrected chi connectivity index (χ0v) is 17.2. The third-order valence-corrected chi connectivity index (χ3v) is 5.86. The van der Waals surface area contributed by atoms with Crippen LogP contribution in [0, 0.1) is 12.7 Å². The van der Waals surface area contributed by atoms with Crippen LogP contribution in [0.3, 0.4) is 0 Å². The standard InChI is InChI=1S/C20H25FN4O2S/c1-13-8-15-16(9-14(13)21)23-19(22-15)10-25(3)20(27)11-24(2)17-6-4-5-7-18(17)28-12-26/h8-9,12H,4-7,10-11H2,1-3H3,(H,22,23). The number of carbonyl (C=O) groups excluding carboxylic acids is 2. The van der Waals surface area contributed by atoms with Gasteiger partial charge in [-0.05, 0) is 44.2 Å². The highest BCUT2D eigenvalue weighted by Gasteiger charge is 2.20. The van der Waals surface area contributed by atoms with E-state index in [4.69, 9.17) is 0 Å². The van der Waals surface area contributed by atoms with Gasteiger partial charge in [0.05, 0.1) is 24.1 Å². The molecule has 0 saturated carbocycles. The maximum absolute atomic E-state index is 13.7. The summed E-state index contributed by atoms with van der Waals surface area (Å²) in [4.78, 5) is 35.7. The first-order chi connectivity index (χ1) is 13.4. The van der Waals surface area contributed by atoms with Gasteiger partial charge >= 0.3 is 0 Å². The third-order valence-electron chi connectivity index (χ3n) is 5.04. The summed E-state index contributed by atoms with van der Waals surface area (Å²) in [5, 5.41) is 0. The molecule has 0 atom stereocenters. The lowest BCUT2D eigenvalue weighted by molar-refractivity contribution is -0.131. The highest BCUT2D eigenvalue weighted by Crippen LogP contribution is 2.33. The van der Waals surface area contributed by atoms with Crippen molar-refractivity contribution >= 4 is 34.3 Å². The minimum Gasteiger partial charge on any atom is -0.368 e. The second kappa shape index (κ2) is 8.77. The lowest BCUT2D eigenvalue weighted by Gasteiger charge is -2.29. The van der Waals surface area contributed by atoms with Gasteiger partial charge in [0.1, 0.15) is 11.6 Å². The summed E-state index contributed by atoms with van der Waals surface area (Å²) in [6, 6.07) is 3.13. The molecule has 1 N–H and O–H groups in total. The van der Waals surface area contributed by atoms with E-state index in [0.717, 1.165) is 47.4 Å². The fraction of sp³-hybridized carbons (Fsp3) is 0.450. The summed E-state index contributed by atoms with van der Waals surface area (Å²) < 4.78 is 13.7. The largest absolute Gasteiger partial charge is 0.368 e. The number of aromatic nitrogens is 2.